The Hall–Kier alpha value is -1.30. The summed E-state index contributed by atoms with van der Waals surface area (Å²) in [6, 6.07) is 8.03. The minimum absolute atomic E-state index is 0. The lowest BCUT2D eigenvalue weighted by Crippen LogP contribution is -2.53. The Labute approximate surface area is 138 Å². The first-order valence-electron chi connectivity index (χ1n) is 7.37. The summed E-state index contributed by atoms with van der Waals surface area (Å²) in [7, 11) is 1.64. The standard InChI is InChI=1S/C16H24N2O3.ClH/c1-12-10-18(8-7-17-12)16(19)13(2)21-11-14-5-4-6-15(9-14)20-3;/h4-6,9,12-13,17H,7-8,10-11H2,1-3H3;1H. The molecular formula is C16H25ClN2O3. The van der Waals surface area contributed by atoms with Crippen molar-refractivity contribution in [3.8, 4) is 5.75 Å². The van der Waals surface area contributed by atoms with Crippen molar-refractivity contribution in [1.29, 1.82) is 0 Å². The van der Waals surface area contributed by atoms with Gasteiger partial charge in [-0.15, -0.1) is 12.4 Å². The van der Waals surface area contributed by atoms with Crippen molar-refractivity contribution in [3.63, 3.8) is 0 Å². The second kappa shape index (κ2) is 8.98. The molecule has 1 fully saturated rings. The first-order valence-corrected chi connectivity index (χ1v) is 7.37. The molecule has 1 amide bonds. The molecule has 1 aromatic rings. The zero-order valence-corrected chi connectivity index (χ0v) is 14.2. The number of carbonyl (C=O) groups is 1. The van der Waals surface area contributed by atoms with Gasteiger partial charge in [-0.25, -0.2) is 0 Å². The zero-order chi connectivity index (χ0) is 15.2. The van der Waals surface area contributed by atoms with Crippen molar-refractivity contribution in [2.24, 2.45) is 0 Å². The molecule has 1 aromatic carbocycles. The van der Waals surface area contributed by atoms with E-state index in [2.05, 4.69) is 12.2 Å². The van der Waals surface area contributed by atoms with E-state index in [4.69, 9.17) is 9.47 Å². The van der Waals surface area contributed by atoms with Crippen LogP contribution in [0.5, 0.6) is 5.75 Å². The van der Waals surface area contributed by atoms with E-state index in [0.29, 0.717) is 12.6 Å². The van der Waals surface area contributed by atoms with Crippen LogP contribution < -0.4 is 10.1 Å². The first kappa shape index (κ1) is 18.7. The van der Waals surface area contributed by atoms with E-state index in [0.717, 1.165) is 30.9 Å². The fourth-order valence-corrected chi connectivity index (χ4v) is 2.44. The summed E-state index contributed by atoms with van der Waals surface area (Å²) >= 11 is 0. The van der Waals surface area contributed by atoms with Crippen LogP contribution in [-0.2, 0) is 16.1 Å². The number of halogens is 1. The summed E-state index contributed by atoms with van der Waals surface area (Å²) in [5.41, 5.74) is 1.00. The van der Waals surface area contributed by atoms with Gasteiger partial charge >= 0.3 is 0 Å². The topological polar surface area (TPSA) is 50.8 Å². The number of hydrogen-bond donors (Lipinski definition) is 1. The Morgan fingerprint density at radius 2 is 2.27 bits per heavy atom. The maximum absolute atomic E-state index is 12.3. The third-order valence-electron chi connectivity index (χ3n) is 3.66. The largest absolute Gasteiger partial charge is 0.497 e. The van der Waals surface area contributed by atoms with Crippen LogP contribution >= 0.6 is 12.4 Å². The molecule has 5 nitrogen and oxygen atoms in total. The fourth-order valence-electron chi connectivity index (χ4n) is 2.44. The van der Waals surface area contributed by atoms with Crippen LogP contribution in [0.3, 0.4) is 0 Å². The average molecular weight is 329 g/mol. The van der Waals surface area contributed by atoms with Crippen LogP contribution in [0.2, 0.25) is 0 Å². The van der Waals surface area contributed by atoms with E-state index in [1.807, 2.05) is 36.1 Å². The van der Waals surface area contributed by atoms with Gasteiger partial charge in [0.1, 0.15) is 11.9 Å². The van der Waals surface area contributed by atoms with Gasteiger partial charge in [0.15, 0.2) is 0 Å². The number of rotatable bonds is 5. The van der Waals surface area contributed by atoms with Crippen LogP contribution in [0.25, 0.3) is 0 Å². The van der Waals surface area contributed by atoms with Gasteiger partial charge in [-0.2, -0.15) is 0 Å². The molecule has 0 aromatic heterocycles. The van der Waals surface area contributed by atoms with E-state index < -0.39 is 6.10 Å². The molecule has 1 N–H and O–H groups in total. The smallest absolute Gasteiger partial charge is 0.251 e. The number of amides is 1. The Morgan fingerprint density at radius 3 is 2.95 bits per heavy atom. The Balaban J connectivity index is 0.00000242. The van der Waals surface area contributed by atoms with Crippen LogP contribution in [0.15, 0.2) is 24.3 Å². The summed E-state index contributed by atoms with van der Waals surface area (Å²) in [6.45, 7) is 6.64. The zero-order valence-electron chi connectivity index (χ0n) is 13.4. The number of nitrogens with one attached hydrogen (secondary N) is 1. The Bertz CT molecular complexity index is 484. The first-order chi connectivity index (χ1) is 10.1. The van der Waals surface area contributed by atoms with Crippen LogP contribution in [0, 0.1) is 0 Å². The minimum Gasteiger partial charge on any atom is -0.497 e. The molecule has 0 bridgehead atoms. The normalized spacial score (nSPS) is 19.2. The van der Waals surface area contributed by atoms with Crippen LogP contribution in [0.1, 0.15) is 19.4 Å². The summed E-state index contributed by atoms with van der Waals surface area (Å²) in [4.78, 5) is 14.2. The van der Waals surface area contributed by atoms with Gasteiger partial charge in [-0.05, 0) is 31.5 Å². The molecule has 0 spiro atoms. The molecule has 0 saturated carbocycles. The number of nitrogens with zero attached hydrogens (tertiary/aromatic N) is 1. The van der Waals surface area contributed by atoms with Gasteiger partial charge in [0.25, 0.3) is 5.91 Å². The summed E-state index contributed by atoms with van der Waals surface area (Å²) in [6.07, 6.45) is -0.429. The SMILES string of the molecule is COc1cccc(COC(C)C(=O)N2CCNC(C)C2)c1.Cl. The Morgan fingerprint density at radius 1 is 1.50 bits per heavy atom. The highest BCUT2D eigenvalue weighted by atomic mass is 35.5. The molecule has 1 heterocycles. The second-order valence-electron chi connectivity index (χ2n) is 5.44. The molecule has 0 aliphatic carbocycles. The van der Waals surface area contributed by atoms with Crippen LogP contribution in [0.4, 0.5) is 0 Å². The number of ether oxygens (including phenoxy) is 2. The number of hydrogen-bond acceptors (Lipinski definition) is 4. The van der Waals surface area contributed by atoms with Crippen molar-refractivity contribution >= 4 is 18.3 Å². The molecule has 0 radical (unpaired) electrons. The Kier molecular flexibility index (Phi) is 7.65. The quantitative estimate of drug-likeness (QED) is 0.896. The highest BCUT2D eigenvalue weighted by Crippen LogP contribution is 2.14. The average Bonchev–Trinajstić information content (AvgIpc) is 2.52. The summed E-state index contributed by atoms with van der Waals surface area (Å²) in [5.74, 6) is 0.859. The highest BCUT2D eigenvalue weighted by molar-refractivity contribution is 5.85. The molecule has 124 valence electrons. The summed E-state index contributed by atoms with van der Waals surface area (Å²) in [5, 5.41) is 3.33. The van der Waals surface area contributed by atoms with Gasteiger partial charge in [0.2, 0.25) is 0 Å². The van der Waals surface area contributed by atoms with E-state index in [-0.39, 0.29) is 18.3 Å². The fraction of sp³-hybridized carbons (Fsp3) is 0.562. The monoisotopic (exact) mass is 328 g/mol. The number of benzene rings is 1. The van der Waals surface area contributed by atoms with Gasteiger partial charge < -0.3 is 19.7 Å². The highest BCUT2D eigenvalue weighted by Gasteiger charge is 2.25. The molecule has 1 saturated heterocycles. The lowest BCUT2D eigenvalue weighted by molar-refractivity contribution is -0.144. The predicted molar refractivity (Wildman–Crippen MR) is 88.5 cm³/mol. The molecule has 1 aliphatic heterocycles. The second-order valence-corrected chi connectivity index (χ2v) is 5.44. The molecular weight excluding hydrogens is 304 g/mol. The lowest BCUT2D eigenvalue weighted by Gasteiger charge is -2.33. The molecule has 1 aliphatic rings. The molecule has 2 rings (SSSR count). The van der Waals surface area contributed by atoms with Crippen molar-refractivity contribution in [2.75, 3.05) is 26.7 Å². The minimum atomic E-state index is -0.429. The number of piperazine rings is 1. The van der Waals surface area contributed by atoms with Gasteiger partial charge in [-0.3, -0.25) is 4.79 Å². The molecule has 2 unspecified atom stereocenters. The van der Waals surface area contributed by atoms with E-state index in [9.17, 15) is 4.79 Å². The van der Waals surface area contributed by atoms with Crippen molar-refractivity contribution in [1.82, 2.24) is 10.2 Å². The maximum Gasteiger partial charge on any atom is 0.251 e. The van der Waals surface area contributed by atoms with Crippen LogP contribution in [-0.4, -0.2) is 49.7 Å². The lowest BCUT2D eigenvalue weighted by atomic mass is 10.2. The van der Waals surface area contributed by atoms with E-state index in [1.165, 1.54) is 0 Å². The summed E-state index contributed by atoms with van der Waals surface area (Å²) < 4.78 is 10.9. The van der Waals surface area contributed by atoms with Crippen molar-refractivity contribution < 1.29 is 14.3 Å². The third kappa shape index (κ3) is 5.16. The van der Waals surface area contributed by atoms with Gasteiger partial charge in [0, 0.05) is 25.7 Å². The van der Waals surface area contributed by atoms with Crippen molar-refractivity contribution in [2.45, 2.75) is 32.6 Å². The molecule has 6 heteroatoms. The molecule has 2 atom stereocenters. The van der Waals surface area contributed by atoms with Crippen molar-refractivity contribution in [3.05, 3.63) is 29.8 Å². The number of methoxy groups -OCH3 is 1. The maximum atomic E-state index is 12.3. The molecule has 22 heavy (non-hydrogen) atoms. The number of carbonyl (C=O) groups excluding carboxylic acids is 1. The van der Waals surface area contributed by atoms with E-state index >= 15 is 0 Å². The van der Waals surface area contributed by atoms with E-state index in [1.54, 1.807) is 7.11 Å². The van der Waals surface area contributed by atoms with Gasteiger partial charge in [-0.1, -0.05) is 12.1 Å². The predicted octanol–water partition coefficient (Wildman–Crippen LogP) is 1.84. The third-order valence-corrected chi connectivity index (χ3v) is 3.66. The van der Waals surface area contributed by atoms with Gasteiger partial charge in [0.05, 0.1) is 13.7 Å².